The van der Waals surface area contributed by atoms with Crippen LogP contribution in [0.2, 0.25) is 0 Å². The van der Waals surface area contributed by atoms with E-state index >= 15 is 0 Å². The van der Waals surface area contributed by atoms with E-state index in [0.717, 1.165) is 31.2 Å². The van der Waals surface area contributed by atoms with E-state index in [4.69, 9.17) is 4.98 Å². The summed E-state index contributed by atoms with van der Waals surface area (Å²) < 4.78 is 11.8. The fraction of sp³-hybridized carbons (Fsp3) is 0.343. The quantitative estimate of drug-likeness (QED) is 0.251. The van der Waals surface area contributed by atoms with Crippen LogP contribution in [0.4, 0.5) is 4.39 Å². The van der Waals surface area contributed by atoms with Crippen LogP contribution in [0, 0.1) is 12.3 Å². The van der Waals surface area contributed by atoms with Gasteiger partial charge in [0.15, 0.2) is 0 Å². The predicted molar refractivity (Wildman–Crippen MR) is 161 cm³/mol. The Kier molecular flexibility index (Phi) is 9.43. The molecule has 0 radical (unpaired) electrons. The van der Waals surface area contributed by atoms with Gasteiger partial charge in [0.25, 0.3) is 0 Å². The summed E-state index contributed by atoms with van der Waals surface area (Å²) in [5, 5.41) is 3.99. The fourth-order valence-electron chi connectivity index (χ4n) is 4.96. The van der Waals surface area contributed by atoms with Crippen LogP contribution >= 0.6 is 0 Å². The predicted octanol–water partition coefficient (Wildman–Crippen LogP) is 10.2. The molecule has 0 unspecified atom stereocenters. The third-order valence-electron chi connectivity index (χ3n) is 7.40. The van der Waals surface area contributed by atoms with Crippen LogP contribution < -0.4 is 0 Å². The summed E-state index contributed by atoms with van der Waals surface area (Å²) in [5.41, 5.74) is 10.5. The molecule has 1 nitrogen and oxygen atoms in total. The summed E-state index contributed by atoms with van der Waals surface area (Å²) in [4.78, 5) is 4.90. The van der Waals surface area contributed by atoms with Crippen LogP contribution in [-0.4, -0.2) is 11.7 Å². The van der Waals surface area contributed by atoms with Crippen LogP contribution in [0.15, 0.2) is 80.0 Å². The number of hydrogen-bond acceptors (Lipinski definition) is 1. The second-order valence-corrected chi connectivity index (χ2v) is 10.9. The minimum Gasteiger partial charge on any atom is -0.256 e. The maximum absolute atomic E-state index is 11.8. The number of benzene rings is 3. The lowest BCUT2D eigenvalue weighted by molar-refractivity contribution is 0.249. The van der Waals surface area contributed by atoms with E-state index in [9.17, 15) is 4.39 Å². The van der Waals surface area contributed by atoms with Crippen LogP contribution in [0.1, 0.15) is 62.8 Å². The molecular weight excluding hydrogens is 453 g/mol. The summed E-state index contributed by atoms with van der Waals surface area (Å²) in [5.74, 6) is 0. The van der Waals surface area contributed by atoms with Crippen LogP contribution in [-0.2, 0) is 19.3 Å². The van der Waals surface area contributed by atoms with Crippen molar-refractivity contribution in [2.45, 2.75) is 66.7 Å². The number of halogens is 1. The number of allylic oxidation sites excluding steroid dienone is 1. The lowest BCUT2D eigenvalue weighted by atomic mass is 9.83. The van der Waals surface area contributed by atoms with Crippen molar-refractivity contribution in [3.05, 3.63) is 102 Å². The molecule has 1 aliphatic rings. The van der Waals surface area contributed by atoms with Crippen LogP contribution in [0.5, 0.6) is 0 Å². The first-order valence-corrected chi connectivity index (χ1v) is 13.4. The minimum atomic E-state index is -0.205. The van der Waals surface area contributed by atoms with Gasteiger partial charge in [-0.2, -0.15) is 0 Å². The molecule has 0 aliphatic heterocycles. The summed E-state index contributed by atoms with van der Waals surface area (Å²) in [6.07, 6.45) is 7.36. The summed E-state index contributed by atoms with van der Waals surface area (Å²) in [6, 6.07) is 17.9. The van der Waals surface area contributed by atoms with E-state index in [1.54, 1.807) is 0 Å². The monoisotopic (exact) mass is 495 g/mol. The Morgan fingerprint density at radius 1 is 1.03 bits per heavy atom. The van der Waals surface area contributed by atoms with E-state index in [0.29, 0.717) is 0 Å². The SMILES string of the molecule is C=C.C=C(C)Cc1c(C)cc2ccccc2c1-c1ccc2c3c(ccnc13)CCC2.CCC(C)(C)CF. The second-order valence-electron chi connectivity index (χ2n) is 10.9. The third kappa shape index (κ3) is 6.18. The van der Waals surface area contributed by atoms with Gasteiger partial charge in [-0.3, -0.25) is 9.37 Å². The van der Waals surface area contributed by atoms with E-state index < -0.39 is 0 Å². The average molecular weight is 496 g/mol. The molecule has 0 atom stereocenters. The van der Waals surface area contributed by atoms with Crippen LogP contribution in [0.25, 0.3) is 32.8 Å². The smallest absolute Gasteiger partial charge is 0.0945 e. The highest BCUT2D eigenvalue weighted by Crippen LogP contribution is 2.41. The van der Waals surface area contributed by atoms with Gasteiger partial charge in [-0.05, 0) is 96.0 Å². The van der Waals surface area contributed by atoms with Crippen molar-refractivity contribution in [2.24, 2.45) is 5.41 Å². The van der Waals surface area contributed by atoms with Crippen molar-refractivity contribution in [2.75, 3.05) is 6.67 Å². The van der Waals surface area contributed by atoms with E-state index in [2.05, 4.69) is 82.1 Å². The van der Waals surface area contributed by atoms with Gasteiger partial charge in [0.05, 0.1) is 12.2 Å². The maximum atomic E-state index is 11.8. The van der Waals surface area contributed by atoms with Crippen molar-refractivity contribution in [3.63, 3.8) is 0 Å². The molecule has 4 aromatic rings. The van der Waals surface area contributed by atoms with Gasteiger partial charge in [0.2, 0.25) is 0 Å². The molecule has 1 aromatic heterocycles. The van der Waals surface area contributed by atoms with Crippen molar-refractivity contribution in [1.29, 1.82) is 0 Å². The zero-order valence-corrected chi connectivity index (χ0v) is 23.4. The Hall–Kier alpha value is -3.26. The highest BCUT2D eigenvalue weighted by Gasteiger charge is 2.20. The summed E-state index contributed by atoms with van der Waals surface area (Å²) >= 11 is 0. The molecule has 1 aliphatic carbocycles. The summed E-state index contributed by atoms with van der Waals surface area (Å²) in [6.45, 7) is 20.2. The molecule has 37 heavy (non-hydrogen) atoms. The fourth-order valence-corrected chi connectivity index (χ4v) is 4.96. The molecule has 3 aromatic carbocycles. The second kappa shape index (κ2) is 12.3. The standard InChI is InChI=1S/C27H25N.C6H13F.C2H4/c1-17(2)15-24-18(3)16-21-7-4-5-10-22(21)26(24)23-12-11-19-8-6-9-20-13-14-28-27(23)25(19)20;1-4-6(2,3)5-7;1-2/h4-5,7,10-14,16H,1,6,8-9,15H2,2-3H3;4-5H2,1-3H3;1-2H2. The zero-order chi connectivity index (χ0) is 27.2. The highest BCUT2D eigenvalue weighted by molar-refractivity contribution is 6.07. The largest absolute Gasteiger partial charge is 0.256 e. The van der Waals surface area contributed by atoms with Gasteiger partial charge < -0.3 is 0 Å². The van der Waals surface area contributed by atoms with E-state index in [1.807, 2.05) is 27.0 Å². The first kappa shape index (κ1) is 28.3. The van der Waals surface area contributed by atoms with Crippen molar-refractivity contribution in [1.82, 2.24) is 4.98 Å². The normalized spacial score (nSPS) is 12.4. The molecule has 0 saturated heterocycles. The molecule has 2 heteroatoms. The Balaban J connectivity index is 0.000000369. The van der Waals surface area contributed by atoms with Crippen molar-refractivity contribution >= 4 is 21.7 Å². The molecule has 0 N–H and O–H groups in total. The van der Waals surface area contributed by atoms with Gasteiger partial charge in [0.1, 0.15) is 0 Å². The number of fused-ring (bicyclic) bond motifs is 1. The lowest BCUT2D eigenvalue weighted by Crippen LogP contribution is -2.10. The zero-order valence-electron chi connectivity index (χ0n) is 23.4. The Morgan fingerprint density at radius 3 is 2.32 bits per heavy atom. The lowest BCUT2D eigenvalue weighted by Gasteiger charge is -2.21. The number of hydrogen-bond donors (Lipinski definition) is 0. The third-order valence-corrected chi connectivity index (χ3v) is 7.40. The Labute approximate surface area is 223 Å². The Morgan fingerprint density at radius 2 is 1.70 bits per heavy atom. The maximum Gasteiger partial charge on any atom is 0.0945 e. The number of aromatic nitrogens is 1. The van der Waals surface area contributed by atoms with Gasteiger partial charge in [-0.25, -0.2) is 0 Å². The topological polar surface area (TPSA) is 12.9 Å². The molecule has 5 rings (SSSR count). The van der Waals surface area contributed by atoms with Crippen molar-refractivity contribution < 1.29 is 4.39 Å². The first-order valence-electron chi connectivity index (χ1n) is 13.4. The number of pyridine rings is 1. The van der Waals surface area contributed by atoms with Crippen LogP contribution in [0.3, 0.4) is 0 Å². The number of nitrogens with zero attached hydrogens (tertiary/aromatic N) is 1. The molecule has 0 fully saturated rings. The molecular formula is C35H42FN. The number of alkyl halides is 1. The molecule has 0 saturated carbocycles. The van der Waals surface area contributed by atoms with Gasteiger partial charge >= 0.3 is 0 Å². The van der Waals surface area contributed by atoms with E-state index in [1.165, 1.54) is 61.5 Å². The van der Waals surface area contributed by atoms with Gasteiger partial charge in [0, 0.05) is 17.1 Å². The van der Waals surface area contributed by atoms with Gasteiger partial charge in [-0.1, -0.05) is 75.4 Å². The van der Waals surface area contributed by atoms with Gasteiger partial charge in [-0.15, -0.1) is 13.2 Å². The molecule has 0 spiro atoms. The number of aryl methyl sites for hydroxylation is 3. The first-order chi connectivity index (χ1) is 17.8. The molecule has 0 amide bonds. The average Bonchev–Trinajstić information content (AvgIpc) is 2.91. The molecule has 0 bridgehead atoms. The van der Waals surface area contributed by atoms with E-state index in [-0.39, 0.29) is 12.1 Å². The minimum absolute atomic E-state index is 0.0833. The highest BCUT2D eigenvalue weighted by atomic mass is 19.1. The number of rotatable bonds is 5. The Bertz CT molecular complexity index is 1380. The molecule has 194 valence electrons. The summed E-state index contributed by atoms with van der Waals surface area (Å²) in [7, 11) is 0. The molecule has 1 heterocycles. The van der Waals surface area contributed by atoms with Crippen molar-refractivity contribution in [3.8, 4) is 11.1 Å².